The number of hydrogen-bond acceptors (Lipinski definition) is 6. The number of piperazine rings is 1. The quantitative estimate of drug-likeness (QED) is 0.598. The van der Waals surface area contributed by atoms with Crippen LogP contribution in [-0.2, 0) is 14.3 Å². The molecule has 3 aliphatic heterocycles. The molecule has 0 aromatic rings. The van der Waals surface area contributed by atoms with E-state index in [1.165, 1.54) is 12.8 Å². The van der Waals surface area contributed by atoms with E-state index < -0.39 is 0 Å². The highest BCUT2D eigenvalue weighted by molar-refractivity contribution is 5.85. The summed E-state index contributed by atoms with van der Waals surface area (Å²) in [7, 11) is 0. The van der Waals surface area contributed by atoms with Gasteiger partial charge in [-0.05, 0) is 45.7 Å². The Morgan fingerprint density at radius 2 is 1.50 bits per heavy atom. The van der Waals surface area contributed by atoms with Crippen molar-refractivity contribution in [2.75, 3.05) is 65.6 Å². The summed E-state index contributed by atoms with van der Waals surface area (Å²) in [5.41, 5.74) is 0. The van der Waals surface area contributed by atoms with Gasteiger partial charge < -0.3 is 24.6 Å². The van der Waals surface area contributed by atoms with Crippen LogP contribution in [0.5, 0.6) is 0 Å². The van der Waals surface area contributed by atoms with Crippen LogP contribution in [-0.4, -0.2) is 104 Å². The first-order valence-corrected chi connectivity index (χ1v) is 10.9. The molecule has 0 atom stereocenters. The number of urea groups is 1. The third-order valence-electron chi connectivity index (χ3n) is 6.09. The van der Waals surface area contributed by atoms with Gasteiger partial charge in [-0.3, -0.25) is 9.69 Å². The monoisotopic (exact) mass is 468 g/mol. The van der Waals surface area contributed by atoms with Crippen LogP contribution in [0.15, 0.2) is 0 Å². The average Bonchev–Trinajstić information content (AvgIpc) is 2.75. The lowest BCUT2D eigenvalue weighted by Crippen LogP contribution is -2.57. The molecule has 30 heavy (non-hydrogen) atoms. The highest BCUT2D eigenvalue weighted by atomic mass is 35.5. The van der Waals surface area contributed by atoms with Gasteiger partial charge in [0.05, 0.1) is 25.7 Å². The molecule has 3 heterocycles. The molecule has 3 saturated heterocycles. The Hall–Kier alpha value is -0.800. The highest BCUT2D eigenvalue weighted by Crippen LogP contribution is 2.18. The molecule has 0 saturated carbocycles. The number of piperidine rings is 2. The van der Waals surface area contributed by atoms with Gasteiger partial charge in [-0.15, -0.1) is 24.8 Å². The van der Waals surface area contributed by atoms with Crippen LogP contribution in [0.3, 0.4) is 0 Å². The molecule has 0 aromatic carbocycles. The molecule has 0 spiro atoms. The SMILES string of the molecule is CCOC(=O)CCOC1CCN(C(=O)N2CCN(C3CCNCC3)CC2)CC1.Cl.Cl. The molecule has 2 amide bonds. The summed E-state index contributed by atoms with van der Waals surface area (Å²) in [4.78, 5) is 30.7. The second-order valence-electron chi connectivity index (χ2n) is 7.90. The van der Waals surface area contributed by atoms with E-state index >= 15 is 0 Å². The summed E-state index contributed by atoms with van der Waals surface area (Å²) in [5.74, 6) is -0.209. The number of rotatable bonds is 6. The number of amides is 2. The summed E-state index contributed by atoms with van der Waals surface area (Å²) in [6.45, 7) is 9.95. The molecule has 0 aromatic heterocycles. The standard InChI is InChI=1S/C20H36N4O4.2ClH/c1-2-27-19(25)7-16-28-18-5-10-23(11-6-18)20(26)24-14-12-22(13-15-24)17-3-8-21-9-4-17;;/h17-18,21H,2-16H2,1H3;2*1H. The number of ether oxygens (including phenoxy) is 2. The minimum atomic E-state index is -0.209. The van der Waals surface area contributed by atoms with Crippen molar-refractivity contribution < 1.29 is 19.1 Å². The van der Waals surface area contributed by atoms with Gasteiger partial charge in [0.2, 0.25) is 0 Å². The van der Waals surface area contributed by atoms with Crippen LogP contribution in [0.25, 0.3) is 0 Å². The predicted octanol–water partition coefficient (Wildman–Crippen LogP) is 1.75. The van der Waals surface area contributed by atoms with Crippen molar-refractivity contribution in [3.8, 4) is 0 Å². The molecule has 176 valence electrons. The number of likely N-dealkylation sites (tertiary alicyclic amines) is 1. The number of hydrogen-bond donors (Lipinski definition) is 1. The van der Waals surface area contributed by atoms with Gasteiger partial charge in [0.1, 0.15) is 0 Å². The van der Waals surface area contributed by atoms with Gasteiger partial charge >= 0.3 is 12.0 Å². The molecule has 1 N–H and O–H groups in total. The topological polar surface area (TPSA) is 74.4 Å². The van der Waals surface area contributed by atoms with Crippen molar-refractivity contribution in [1.82, 2.24) is 20.0 Å². The van der Waals surface area contributed by atoms with E-state index in [-0.39, 0.29) is 42.9 Å². The lowest BCUT2D eigenvalue weighted by molar-refractivity contribution is -0.144. The molecule has 10 heteroatoms. The van der Waals surface area contributed by atoms with Crippen molar-refractivity contribution in [2.45, 2.75) is 51.2 Å². The minimum absolute atomic E-state index is 0. The molecule has 0 bridgehead atoms. The van der Waals surface area contributed by atoms with Gasteiger partial charge in [-0.2, -0.15) is 0 Å². The van der Waals surface area contributed by atoms with Crippen molar-refractivity contribution in [3.05, 3.63) is 0 Å². The maximum Gasteiger partial charge on any atom is 0.320 e. The van der Waals surface area contributed by atoms with Gasteiger partial charge in [0.25, 0.3) is 0 Å². The zero-order valence-corrected chi connectivity index (χ0v) is 19.7. The van der Waals surface area contributed by atoms with E-state index in [2.05, 4.69) is 10.2 Å². The molecule has 3 rings (SSSR count). The Kier molecular flexibility index (Phi) is 13.0. The molecule has 3 aliphatic rings. The van der Waals surface area contributed by atoms with Crippen molar-refractivity contribution in [2.24, 2.45) is 0 Å². The third-order valence-corrected chi connectivity index (χ3v) is 6.09. The maximum absolute atomic E-state index is 12.8. The summed E-state index contributed by atoms with van der Waals surface area (Å²) in [5, 5.41) is 3.42. The Bertz CT molecular complexity index is 507. The van der Waals surface area contributed by atoms with Crippen molar-refractivity contribution in [1.29, 1.82) is 0 Å². The smallest absolute Gasteiger partial charge is 0.320 e. The van der Waals surface area contributed by atoms with Crippen molar-refractivity contribution >= 4 is 36.8 Å². The average molecular weight is 469 g/mol. The summed E-state index contributed by atoms with van der Waals surface area (Å²) >= 11 is 0. The van der Waals surface area contributed by atoms with Gasteiger partial charge in [0, 0.05) is 45.3 Å². The summed E-state index contributed by atoms with van der Waals surface area (Å²) in [6.07, 6.45) is 4.55. The lowest BCUT2D eigenvalue weighted by Gasteiger charge is -2.43. The van der Waals surface area contributed by atoms with Crippen molar-refractivity contribution in [3.63, 3.8) is 0 Å². The first-order chi connectivity index (χ1) is 13.7. The summed E-state index contributed by atoms with van der Waals surface area (Å²) < 4.78 is 10.7. The molecular weight excluding hydrogens is 431 g/mol. The zero-order valence-electron chi connectivity index (χ0n) is 18.1. The fraction of sp³-hybridized carbons (Fsp3) is 0.900. The van der Waals surface area contributed by atoms with E-state index in [1.54, 1.807) is 6.92 Å². The fourth-order valence-electron chi connectivity index (χ4n) is 4.41. The Morgan fingerprint density at radius 3 is 2.10 bits per heavy atom. The molecule has 0 unspecified atom stereocenters. The Labute approximate surface area is 192 Å². The minimum Gasteiger partial charge on any atom is -0.466 e. The van der Waals surface area contributed by atoms with E-state index in [0.29, 0.717) is 25.7 Å². The number of carbonyl (C=O) groups excluding carboxylic acids is 2. The fourth-order valence-corrected chi connectivity index (χ4v) is 4.41. The molecule has 0 radical (unpaired) electrons. The van der Waals surface area contributed by atoms with E-state index in [4.69, 9.17) is 9.47 Å². The third kappa shape index (κ3) is 8.04. The van der Waals surface area contributed by atoms with Crippen LogP contribution in [0, 0.1) is 0 Å². The zero-order chi connectivity index (χ0) is 19.8. The van der Waals surface area contributed by atoms with Crippen LogP contribution < -0.4 is 5.32 Å². The van der Waals surface area contributed by atoms with Crippen LogP contribution in [0.2, 0.25) is 0 Å². The number of nitrogens with zero attached hydrogens (tertiary/aromatic N) is 3. The Balaban J connectivity index is 0.00000225. The normalized spacial score (nSPS) is 21.5. The van der Waals surface area contributed by atoms with Gasteiger partial charge in [0.15, 0.2) is 0 Å². The number of nitrogens with one attached hydrogen (secondary N) is 1. The number of esters is 1. The maximum atomic E-state index is 12.8. The second-order valence-corrected chi connectivity index (χ2v) is 7.90. The number of halogens is 2. The first-order valence-electron chi connectivity index (χ1n) is 10.9. The van der Waals surface area contributed by atoms with Gasteiger partial charge in [-0.25, -0.2) is 4.79 Å². The Morgan fingerprint density at radius 1 is 0.900 bits per heavy atom. The van der Waals surface area contributed by atoms with Crippen LogP contribution in [0.4, 0.5) is 4.79 Å². The van der Waals surface area contributed by atoms with Crippen LogP contribution >= 0.6 is 24.8 Å². The molecule has 0 aliphatic carbocycles. The molecule has 3 fully saturated rings. The van der Waals surface area contributed by atoms with E-state index in [0.717, 1.165) is 65.2 Å². The molecule has 8 nitrogen and oxygen atoms in total. The van der Waals surface area contributed by atoms with E-state index in [9.17, 15) is 9.59 Å². The second kappa shape index (κ2) is 14.3. The molecular formula is C20H38Cl2N4O4. The largest absolute Gasteiger partial charge is 0.466 e. The number of carbonyl (C=O) groups is 2. The first kappa shape index (κ1) is 27.2. The van der Waals surface area contributed by atoms with E-state index in [1.807, 2.05) is 9.80 Å². The van der Waals surface area contributed by atoms with Gasteiger partial charge in [-0.1, -0.05) is 0 Å². The lowest BCUT2D eigenvalue weighted by atomic mass is 10.0. The van der Waals surface area contributed by atoms with Crippen LogP contribution in [0.1, 0.15) is 39.0 Å². The highest BCUT2D eigenvalue weighted by Gasteiger charge is 2.31. The predicted molar refractivity (Wildman–Crippen MR) is 121 cm³/mol. The summed E-state index contributed by atoms with van der Waals surface area (Å²) in [6, 6.07) is 0.857.